The summed E-state index contributed by atoms with van der Waals surface area (Å²) in [4.78, 5) is 13.0. The Kier molecular flexibility index (Phi) is 5.70. The molecule has 0 saturated carbocycles. The fraction of sp³-hybridized carbons (Fsp3) is 0.625. The van der Waals surface area contributed by atoms with Crippen molar-refractivity contribution in [3.8, 4) is 0 Å². The van der Waals surface area contributed by atoms with Gasteiger partial charge in [0.2, 0.25) is 0 Å². The van der Waals surface area contributed by atoms with Crippen LogP contribution in [0.25, 0.3) is 0 Å². The number of nitrogens with zero attached hydrogens (tertiary/aromatic N) is 2. The minimum absolute atomic E-state index is 0.213. The van der Waals surface area contributed by atoms with Gasteiger partial charge >= 0.3 is 0 Å². The van der Waals surface area contributed by atoms with Crippen LogP contribution in [0.4, 0.5) is 5.69 Å². The van der Waals surface area contributed by atoms with E-state index in [1.165, 1.54) is 32.4 Å². The quantitative estimate of drug-likeness (QED) is 0.497. The molecule has 1 fully saturated rings. The van der Waals surface area contributed by atoms with Crippen molar-refractivity contribution in [3.05, 3.63) is 39.4 Å². The average molecular weight is 291 g/mol. The van der Waals surface area contributed by atoms with Crippen LogP contribution < -0.4 is 5.32 Å². The SMILES string of the molecule is Cc1ccc(CNCCC2CCN(C)CC2)cc1[N+](=O)[O-]. The van der Waals surface area contributed by atoms with Crippen molar-refractivity contribution in [1.29, 1.82) is 0 Å². The summed E-state index contributed by atoms with van der Waals surface area (Å²) in [5.74, 6) is 0.820. The predicted octanol–water partition coefficient (Wildman–Crippen LogP) is 2.72. The topological polar surface area (TPSA) is 58.4 Å². The maximum absolute atomic E-state index is 10.9. The summed E-state index contributed by atoms with van der Waals surface area (Å²) in [6.45, 7) is 5.86. The summed E-state index contributed by atoms with van der Waals surface area (Å²) in [6, 6.07) is 5.47. The van der Waals surface area contributed by atoms with Crippen LogP contribution in [0.1, 0.15) is 30.4 Å². The van der Waals surface area contributed by atoms with Crippen molar-refractivity contribution in [2.24, 2.45) is 5.92 Å². The van der Waals surface area contributed by atoms with E-state index in [9.17, 15) is 10.1 Å². The van der Waals surface area contributed by atoms with Crippen LogP contribution in [0.3, 0.4) is 0 Å². The molecule has 1 aromatic carbocycles. The van der Waals surface area contributed by atoms with Crippen molar-refractivity contribution in [1.82, 2.24) is 10.2 Å². The molecule has 21 heavy (non-hydrogen) atoms. The molecule has 0 aliphatic carbocycles. The molecule has 0 spiro atoms. The number of rotatable bonds is 6. The number of benzene rings is 1. The molecule has 1 heterocycles. The summed E-state index contributed by atoms with van der Waals surface area (Å²) in [7, 11) is 2.18. The van der Waals surface area contributed by atoms with Crippen LogP contribution in [0.15, 0.2) is 18.2 Å². The van der Waals surface area contributed by atoms with Gasteiger partial charge in [0.25, 0.3) is 5.69 Å². The number of piperidine rings is 1. The van der Waals surface area contributed by atoms with Gasteiger partial charge in [-0.15, -0.1) is 0 Å². The highest BCUT2D eigenvalue weighted by Gasteiger charge is 2.16. The van der Waals surface area contributed by atoms with Crippen molar-refractivity contribution < 1.29 is 4.92 Å². The Morgan fingerprint density at radius 3 is 2.76 bits per heavy atom. The number of aryl methyl sites for hydroxylation is 1. The Bertz CT molecular complexity index is 482. The number of nitro benzene ring substituents is 1. The normalized spacial score (nSPS) is 17.0. The van der Waals surface area contributed by atoms with E-state index < -0.39 is 0 Å². The molecule has 0 aromatic heterocycles. The van der Waals surface area contributed by atoms with Gasteiger partial charge in [-0.1, -0.05) is 12.1 Å². The van der Waals surface area contributed by atoms with Gasteiger partial charge in [-0.3, -0.25) is 10.1 Å². The molecule has 1 aromatic rings. The zero-order chi connectivity index (χ0) is 15.2. The van der Waals surface area contributed by atoms with Gasteiger partial charge < -0.3 is 10.2 Å². The van der Waals surface area contributed by atoms with Gasteiger partial charge in [0.15, 0.2) is 0 Å². The van der Waals surface area contributed by atoms with E-state index in [-0.39, 0.29) is 10.6 Å². The highest BCUT2D eigenvalue weighted by Crippen LogP contribution is 2.20. The van der Waals surface area contributed by atoms with Crippen LogP contribution in [-0.2, 0) is 6.54 Å². The first-order chi connectivity index (χ1) is 10.1. The maximum Gasteiger partial charge on any atom is 0.272 e. The Hall–Kier alpha value is -1.46. The summed E-state index contributed by atoms with van der Waals surface area (Å²) < 4.78 is 0. The molecule has 0 amide bonds. The molecule has 0 bridgehead atoms. The highest BCUT2D eigenvalue weighted by molar-refractivity contribution is 5.42. The van der Waals surface area contributed by atoms with Crippen molar-refractivity contribution in [3.63, 3.8) is 0 Å². The van der Waals surface area contributed by atoms with Gasteiger partial charge in [-0.05, 0) is 64.3 Å². The Labute approximate surface area is 126 Å². The van der Waals surface area contributed by atoms with E-state index in [0.717, 1.165) is 23.6 Å². The summed E-state index contributed by atoms with van der Waals surface area (Å²) in [5.41, 5.74) is 1.91. The molecule has 1 aliphatic rings. The highest BCUT2D eigenvalue weighted by atomic mass is 16.6. The molecule has 1 N–H and O–H groups in total. The lowest BCUT2D eigenvalue weighted by Crippen LogP contribution is -2.31. The van der Waals surface area contributed by atoms with E-state index in [4.69, 9.17) is 0 Å². The number of nitro groups is 1. The Balaban J connectivity index is 1.73. The van der Waals surface area contributed by atoms with E-state index in [2.05, 4.69) is 17.3 Å². The second-order valence-electron chi connectivity index (χ2n) is 6.09. The van der Waals surface area contributed by atoms with Crippen molar-refractivity contribution in [2.45, 2.75) is 32.7 Å². The molecular weight excluding hydrogens is 266 g/mol. The number of hydrogen-bond donors (Lipinski definition) is 1. The fourth-order valence-electron chi connectivity index (χ4n) is 2.85. The molecule has 116 valence electrons. The molecule has 0 radical (unpaired) electrons. The van der Waals surface area contributed by atoms with Crippen molar-refractivity contribution >= 4 is 5.69 Å². The summed E-state index contributed by atoms with van der Waals surface area (Å²) in [6.07, 6.45) is 3.77. The third kappa shape index (κ3) is 4.79. The second-order valence-corrected chi connectivity index (χ2v) is 6.09. The lowest BCUT2D eigenvalue weighted by Gasteiger charge is -2.28. The standard InChI is InChI=1S/C16H25N3O2/c1-13-3-4-15(11-16(13)19(20)21)12-17-8-5-14-6-9-18(2)10-7-14/h3-4,11,14,17H,5-10,12H2,1-2H3. The van der Waals surface area contributed by atoms with Gasteiger partial charge in [0.1, 0.15) is 0 Å². The minimum Gasteiger partial charge on any atom is -0.313 e. The van der Waals surface area contributed by atoms with Gasteiger partial charge in [-0.2, -0.15) is 0 Å². The minimum atomic E-state index is -0.308. The van der Waals surface area contributed by atoms with E-state index >= 15 is 0 Å². The van der Waals surface area contributed by atoms with Crippen LogP contribution in [0.2, 0.25) is 0 Å². The molecular formula is C16H25N3O2. The first-order valence-corrected chi connectivity index (χ1v) is 7.69. The van der Waals surface area contributed by atoms with E-state index in [0.29, 0.717) is 6.54 Å². The smallest absolute Gasteiger partial charge is 0.272 e. The number of nitrogens with one attached hydrogen (secondary N) is 1. The second kappa shape index (κ2) is 7.52. The molecule has 0 atom stereocenters. The zero-order valence-electron chi connectivity index (χ0n) is 13.0. The molecule has 0 unspecified atom stereocenters. The summed E-state index contributed by atoms with van der Waals surface area (Å²) in [5, 5.41) is 14.3. The molecule has 5 heteroatoms. The van der Waals surface area contributed by atoms with Crippen LogP contribution in [-0.4, -0.2) is 36.5 Å². The molecule has 1 saturated heterocycles. The first kappa shape index (κ1) is 15.9. The third-order valence-electron chi connectivity index (χ3n) is 4.37. The van der Waals surface area contributed by atoms with E-state index in [1.807, 2.05) is 12.1 Å². The first-order valence-electron chi connectivity index (χ1n) is 7.69. The van der Waals surface area contributed by atoms with Crippen molar-refractivity contribution in [2.75, 3.05) is 26.7 Å². The van der Waals surface area contributed by atoms with Crippen LogP contribution >= 0.6 is 0 Å². The Morgan fingerprint density at radius 2 is 2.10 bits per heavy atom. The Morgan fingerprint density at radius 1 is 1.38 bits per heavy atom. The van der Waals surface area contributed by atoms with Gasteiger partial charge in [0, 0.05) is 18.2 Å². The molecule has 5 nitrogen and oxygen atoms in total. The average Bonchev–Trinajstić information content (AvgIpc) is 2.46. The monoisotopic (exact) mass is 291 g/mol. The lowest BCUT2D eigenvalue weighted by atomic mass is 9.94. The fourth-order valence-corrected chi connectivity index (χ4v) is 2.85. The molecule has 1 aliphatic heterocycles. The van der Waals surface area contributed by atoms with Gasteiger partial charge in [-0.25, -0.2) is 0 Å². The predicted molar refractivity (Wildman–Crippen MR) is 84.4 cm³/mol. The van der Waals surface area contributed by atoms with E-state index in [1.54, 1.807) is 13.0 Å². The third-order valence-corrected chi connectivity index (χ3v) is 4.37. The summed E-state index contributed by atoms with van der Waals surface area (Å²) >= 11 is 0. The lowest BCUT2D eigenvalue weighted by molar-refractivity contribution is -0.385. The van der Waals surface area contributed by atoms with Crippen LogP contribution in [0, 0.1) is 23.0 Å². The van der Waals surface area contributed by atoms with Gasteiger partial charge in [0.05, 0.1) is 4.92 Å². The zero-order valence-corrected chi connectivity index (χ0v) is 13.0. The largest absolute Gasteiger partial charge is 0.313 e. The van der Waals surface area contributed by atoms with Crippen LogP contribution in [0.5, 0.6) is 0 Å². The molecule has 2 rings (SSSR count). The number of likely N-dealkylation sites (tertiary alicyclic amines) is 1. The maximum atomic E-state index is 10.9. The number of hydrogen-bond acceptors (Lipinski definition) is 4.